The van der Waals surface area contributed by atoms with E-state index in [2.05, 4.69) is 49.0 Å². The van der Waals surface area contributed by atoms with Gasteiger partial charge in [-0.15, -0.1) is 0 Å². The number of benzene rings is 1. The van der Waals surface area contributed by atoms with Crippen LogP contribution >= 0.6 is 0 Å². The summed E-state index contributed by atoms with van der Waals surface area (Å²) < 4.78 is 2.19. The number of fused-ring (bicyclic) bond motifs is 1. The summed E-state index contributed by atoms with van der Waals surface area (Å²) >= 11 is 0. The molecule has 1 N–H and O–H groups in total. The van der Waals surface area contributed by atoms with Crippen LogP contribution in [0.1, 0.15) is 32.5 Å². The van der Waals surface area contributed by atoms with E-state index >= 15 is 0 Å². The van der Waals surface area contributed by atoms with Crippen LogP contribution in [0.5, 0.6) is 0 Å². The summed E-state index contributed by atoms with van der Waals surface area (Å²) in [5, 5.41) is 3.60. The third kappa shape index (κ3) is 2.27. The number of aromatic nitrogens is 2. The van der Waals surface area contributed by atoms with Gasteiger partial charge in [-0.2, -0.15) is 0 Å². The topological polar surface area (TPSA) is 29.9 Å². The fourth-order valence-corrected chi connectivity index (χ4v) is 2.90. The van der Waals surface area contributed by atoms with Gasteiger partial charge < -0.3 is 9.88 Å². The molecule has 102 valence electrons. The van der Waals surface area contributed by atoms with Crippen LogP contribution in [-0.4, -0.2) is 16.1 Å². The van der Waals surface area contributed by atoms with Gasteiger partial charge in [-0.25, -0.2) is 4.98 Å². The molecule has 3 heteroatoms. The van der Waals surface area contributed by atoms with Crippen molar-refractivity contribution in [3.05, 3.63) is 30.1 Å². The van der Waals surface area contributed by atoms with Crippen LogP contribution < -0.4 is 5.32 Å². The molecule has 1 aliphatic rings. The van der Waals surface area contributed by atoms with Crippen LogP contribution in [0.15, 0.2) is 24.3 Å². The lowest BCUT2D eigenvalue weighted by atomic mass is 9.92. The summed E-state index contributed by atoms with van der Waals surface area (Å²) in [5.41, 5.74) is 2.86. The molecule has 3 rings (SSSR count). The maximum atomic E-state index is 4.70. The summed E-state index contributed by atoms with van der Waals surface area (Å²) in [4.78, 5) is 4.70. The van der Waals surface area contributed by atoms with E-state index in [4.69, 9.17) is 4.98 Å². The molecule has 1 aromatic heterocycles. The maximum absolute atomic E-state index is 4.70. The van der Waals surface area contributed by atoms with Crippen LogP contribution in [0.4, 0.5) is 0 Å². The second kappa shape index (κ2) is 4.64. The first-order valence-corrected chi connectivity index (χ1v) is 7.23. The number of nitrogens with zero attached hydrogens (tertiary/aromatic N) is 2. The van der Waals surface area contributed by atoms with Crippen molar-refractivity contribution in [1.82, 2.24) is 14.9 Å². The molecule has 0 radical (unpaired) electrons. The lowest BCUT2D eigenvalue weighted by Crippen LogP contribution is -2.28. The van der Waals surface area contributed by atoms with Crippen molar-refractivity contribution in [2.45, 2.75) is 33.2 Å². The Hall–Kier alpha value is -1.35. The Balaban J connectivity index is 1.67. The number of hydrogen-bond donors (Lipinski definition) is 1. The zero-order chi connectivity index (χ0) is 13.5. The Morgan fingerprint density at radius 2 is 2.05 bits per heavy atom. The van der Waals surface area contributed by atoms with Crippen LogP contribution in [-0.2, 0) is 13.6 Å². The van der Waals surface area contributed by atoms with E-state index in [1.165, 1.54) is 18.4 Å². The van der Waals surface area contributed by atoms with Gasteiger partial charge in [0.1, 0.15) is 5.82 Å². The van der Waals surface area contributed by atoms with E-state index < -0.39 is 0 Å². The quantitative estimate of drug-likeness (QED) is 0.892. The van der Waals surface area contributed by atoms with E-state index in [0.29, 0.717) is 5.41 Å². The van der Waals surface area contributed by atoms with Gasteiger partial charge in [-0.05, 0) is 36.3 Å². The second-order valence-corrected chi connectivity index (χ2v) is 6.20. The van der Waals surface area contributed by atoms with Crippen molar-refractivity contribution in [3.63, 3.8) is 0 Å². The van der Waals surface area contributed by atoms with Crippen molar-refractivity contribution in [2.75, 3.05) is 6.54 Å². The van der Waals surface area contributed by atoms with Crippen molar-refractivity contribution >= 4 is 11.0 Å². The van der Waals surface area contributed by atoms with Gasteiger partial charge in [0.2, 0.25) is 0 Å². The van der Waals surface area contributed by atoms with E-state index in [1.807, 2.05) is 6.07 Å². The molecule has 0 amide bonds. The first-order chi connectivity index (χ1) is 9.12. The summed E-state index contributed by atoms with van der Waals surface area (Å²) in [7, 11) is 2.10. The molecule has 0 unspecified atom stereocenters. The second-order valence-electron chi connectivity index (χ2n) is 6.20. The van der Waals surface area contributed by atoms with E-state index in [9.17, 15) is 0 Å². The highest BCUT2D eigenvalue weighted by Crippen LogP contribution is 2.51. The molecule has 1 aromatic carbocycles. The Labute approximate surface area is 115 Å². The molecule has 2 aromatic rings. The predicted octanol–water partition coefficient (Wildman–Crippen LogP) is 3.10. The Kier molecular flexibility index (Phi) is 3.09. The van der Waals surface area contributed by atoms with E-state index in [0.717, 1.165) is 30.3 Å². The highest BCUT2D eigenvalue weighted by atomic mass is 15.1. The zero-order valence-corrected chi connectivity index (χ0v) is 12.1. The molecule has 0 bridgehead atoms. The van der Waals surface area contributed by atoms with Gasteiger partial charge in [0.15, 0.2) is 0 Å². The smallest absolute Gasteiger partial charge is 0.123 e. The normalized spacial score (nSPS) is 17.3. The third-order valence-corrected chi connectivity index (χ3v) is 4.76. The standard InChI is InChI=1S/C16H23N3/c1-12(2)16(8-9-16)11-17-10-15-18-13-6-4-5-7-14(13)19(15)3/h4-7,12,17H,8-11H2,1-3H3. The number of nitrogens with one attached hydrogen (secondary N) is 1. The molecular formula is C16H23N3. The first-order valence-electron chi connectivity index (χ1n) is 7.23. The first kappa shape index (κ1) is 12.7. The number of hydrogen-bond acceptors (Lipinski definition) is 2. The molecular weight excluding hydrogens is 234 g/mol. The van der Waals surface area contributed by atoms with Crippen LogP contribution in [0.3, 0.4) is 0 Å². The summed E-state index contributed by atoms with van der Waals surface area (Å²) in [6.07, 6.45) is 2.75. The number of rotatable bonds is 5. The lowest BCUT2D eigenvalue weighted by molar-refractivity contribution is 0.336. The molecule has 1 aliphatic carbocycles. The van der Waals surface area contributed by atoms with Gasteiger partial charge >= 0.3 is 0 Å². The van der Waals surface area contributed by atoms with Crippen LogP contribution in [0.25, 0.3) is 11.0 Å². The summed E-state index contributed by atoms with van der Waals surface area (Å²) in [6, 6.07) is 8.32. The predicted molar refractivity (Wildman–Crippen MR) is 78.9 cm³/mol. The lowest BCUT2D eigenvalue weighted by Gasteiger charge is -2.19. The average molecular weight is 257 g/mol. The number of para-hydroxylation sites is 2. The minimum Gasteiger partial charge on any atom is -0.330 e. The Bertz CT molecular complexity index is 579. The molecule has 3 nitrogen and oxygen atoms in total. The Morgan fingerprint density at radius 1 is 1.32 bits per heavy atom. The van der Waals surface area contributed by atoms with Crippen molar-refractivity contribution in [1.29, 1.82) is 0 Å². The average Bonchev–Trinajstić information content (AvgIpc) is 3.12. The van der Waals surface area contributed by atoms with Gasteiger partial charge in [-0.3, -0.25) is 0 Å². The maximum Gasteiger partial charge on any atom is 0.123 e. The molecule has 0 aliphatic heterocycles. The van der Waals surface area contributed by atoms with Crippen LogP contribution in [0, 0.1) is 11.3 Å². The third-order valence-electron chi connectivity index (χ3n) is 4.76. The molecule has 1 saturated carbocycles. The Morgan fingerprint density at radius 3 is 2.68 bits per heavy atom. The highest BCUT2D eigenvalue weighted by molar-refractivity contribution is 5.75. The SMILES string of the molecule is CC(C)C1(CNCc2nc3ccccc3n2C)CC1. The van der Waals surface area contributed by atoms with Crippen molar-refractivity contribution in [2.24, 2.45) is 18.4 Å². The zero-order valence-electron chi connectivity index (χ0n) is 12.1. The summed E-state index contributed by atoms with van der Waals surface area (Å²) in [5.74, 6) is 1.90. The molecule has 1 heterocycles. The molecule has 0 spiro atoms. The van der Waals surface area contributed by atoms with Crippen molar-refractivity contribution < 1.29 is 0 Å². The minimum absolute atomic E-state index is 0.560. The molecule has 19 heavy (non-hydrogen) atoms. The number of aryl methyl sites for hydroxylation is 1. The fourth-order valence-electron chi connectivity index (χ4n) is 2.90. The van der Waals surface area contributed by atoms with E-state index in [1.54, 1.807) is 0 Å². The van der Waals surface area contributed by atoms with E-state index in [-0.39, 0.29) is 0 Å². The monoisotopic (exact) mass is 257 g/mol. The minimum atomic E-state index is 0.560. The number of imidazole rings is 1. The fraction of sp³-hybridized carbons (Fsp3) is 0.562. The van der Waals surface area contributed by atoms with Gasteiger partial charge in [0.05, 0.1) is 17.6 Å². The van der Waals surface area contributed by atoms with Crippen LogP contribution in [0.2, 0.25) is 0 Å². The van der Waals surface area contributed by atoms with Gasteiger partial charge in [0, 0.05) is 13.6 Å². The van der Waals surface area contributed by atoms with Crippen molar-refractivity contribution in [3.8, 4) is 0 Å². The largest absolute Gasteiger partial charge is 0.330 e. The molecule has 1 fully saturated rings. The summed E-state index contributed by atoms with van der Waals surface area (Å²) in [6.45, 7) is 6.65. The molecule has 0 atom stereocenters. The highest BCUT2D eigenvalue weighted by Gasteiger charge is 2.44. The van der Waals surface area contributed by atoms with Gasteiger partial charge in [0.25, 0.3) is 0 Å². The van der Waals surface area contributed by atoms with Gasteiger partial charge in [-0.1, -0.05) is 26.0 Å². The molecule has 0 saturated heterocycles.